The number of halogens is 3. The molecule has 0 atom stereocenters. The first-order valence-corrected chi connectivity index (χ1v) is 5.21. The molecule has 1 aromatic carbocycles. The summed E-state index contributed by atoms with van der Waals surface area (Å²) in [4.78, 5) is 22.9. The van der Waals surface area contributed by atoms with E-state index in [1.165, 1.54) is 6.92 Å². The number of imide groups is 1. The van der Waals surface area contributed by atoms with E-state index in [1.807, 2.05) is 0 Å². The van der Waals surface area contributed by atoms with E-state index in [-0.39, 0.29) is 12.3 Å². The van der Waals surface area contributed by atoms with Gasteiger partial charge in [0.05, 0.1) is 17.9 Å². The minimum atomic E-state index is -4.59. The number of benzene rings is 1. The number of rotatable bonds is 2. The number of ether oxygens (including phenoxy) is 1. The first-order chi connectivity index (χ1) is 8.77. The van der Waals surface area contributed by atoms with Crippen LogP contribution in [-0.4, -0.2) is 18.7 Å². The predicted molar refractivity (Wildman–Crippen MR) is 60.5 cm³/mol. The number of alkyl halides is 3. The Kier molecular flexibility index (Phi) is 4.36. The molecule has 104 valence electrons. The Morgan fingerprint density at radius 1 is 1.37 bits per heavy atom. The fraction of sp³-hybridized carbons (Fsp3) is 0.273. The third kappa shape index (κ3) is 3.60. The number of primary amides is 1. The molecule has 0 aliphatic rings. The van der Waals surface area contributed by atoms with Crippen LogP contribution >= 0.6 is 0 Å². The summed E-state index contributed by atoms with van der Waals surface area (Å²) in [6.07, 6.45) is -5.72. The summed E-state index contributed by atoms with van der Waals surface area (Å²) >= 11 is 0. The lowest BCUT2D eigenvalue weighted by Gasteiger charge is -2.18. The molecule has 0 spiro atoms. The lowest BCUT2D eigenvalue weighted by atomic mass is 10.2. The molecule has 2 N–H and O–H groups in total. The van der Waals surface area contributed by atoms with Gasteiger partial charge in [0.25, 0.3) is 0 Å². The van der Waals surface area contributed by atoms with Crippen LogP contribution in [0.4, 0.5) is 28.4 Å². The second kappa shape index (κ2) is 5.59. The van der Waals surface area contributed by atoms with Crippen molar-refractivity contribution in [2.45, 2.75) is 13.1 Å². The quantitative estimate of drug-likeness (QED) is 0.902. The highest BCUT2D eigenvalue weighted by Gasteiger charge is 2.32. The Labute approximate surface area is 106 Å². The number of hydrogen-bond donors (Lipinski definition) is 1. The van der Waals surface area contributed by atoms with Crippen LogP contribution in [0.1, 0.15) is 12.5 Å². The van der Waals surface area contributed by atoms with Crippen LogP contribution in [-0.2, 0) is 10.9 Å². The van der Waals surface area contributed by atoms with Crippen LogP contribution in [0.15, 0.2) is 24.3 Å². The number of urea groups is 1. The van der Waals surface area contributed by atoms with Crippen LogP contribution in [0, 0.1) is 0 Å². The number of carbonyl (C=O) groups excluding carboxylic acids is 2. The van der Waals surface area contributed by atoms with Gasteiger partial charge in [0.15, 0.2) is 0 Å². The molecule has 0 fully saturated rings. The molecule has 3 amide bonds. The third-order valence-electron chi connectivity index (χ3n) is 2.10. The van der Waals surface area contributed by atoms with E-state index < -0.39 is 23.9 Å². The molecule has 1 rings (SSSR count). The maximum absolute atomic E-state index is 12.5. The zero-order chi connectivity index (χ0) is 14.6. The van der Waals surface area contributed by atoms with E-state index in [0.29, 0.717) is 11.0 Å². The van der Waals surface area contributed by atoms with Gasteiger partial charge in [0.2, 0.25) is 0 Å². The van der Waals surface area contributed by atoms with Crippen molar-refractivity contribution in [1.82, 2.24) is 0 Å². The molecule has 5 nitrogen and oxygen atoms in total. The molecule has 0 heterocycles. The van der Waals surface area contributed by atoms with Gasteiger partial charge in [-0.15, -0.1) is 0 Å². The van der Waals surface area contributed by atoms with Crippen LogP contribution in [0.5, 0.6) is 0 Å². The van der Waals surface area contributed by atoms with Gasteiger partial charge >= 0.3 is 18.3 Å². The third-order valence-corrected chi connectivity index (χ3v) is 2.10. The lowest BCUT2D eigenvalue weighted by molar-refractivity contribution is -0.137. The SMILES string of the molecule is CCOC(=O)N(C(N)=O)c1cccc(C(F)(F)F)c1. The fourth-order valence-electron chi connectivity index (χ4n) is 1.33. The maximum Gasteiger partial charge on any atom is 0.422 e. The zero-order valence-electron chi connectivity index (χ0n) is 9.90. The maximum atomic E-state index is 12.5. The summed E-state index contributed by atoms with van der Waals surface area (Å²) in [6, 6.07) is 2.44. The first kappa shape index (κ1) is 14.8. The number of nitrogens with zero attached hydrogens (tertiary/aromatic N) is 1. The predicted octanol–water partition coefficient (Wildman–Crippen LogP) is 2.75. The summed E-state index contributed by atoms with van der Waals surface area (Å²) in [7, 11) is 0. The Balaban J connectivity index is 3.17. The number of amides is 3. The number of carbonyl (C=O) groups is 2. The molecule has 0 radical (unpaired) electrons. The van der Waals surface area contributed by atoms with Crippen LogP contribution in [0.2, 0.25) is 0 Å². The van der Waals surface area contributed by atoms with Crippen molar-refractivity contribution in [3.63, 3.8) is 0 Å². The molecular weight excluding hydrogens is 265 g/mol. The van der Waals surface area contributed by atoms with E-state index in [2.05, 4.69) is 4.74 Å². The monoisotopic (exact) mass is 276 g/mol. The largest absolute Gasteiger partial charge is 0.449 e. The van der Waals surface area contributed by atoms with Gasteiger partial charge in [-0.2, -0.15) is 18.1 Å². The van der Waals surface area contributed by atoms with Gasteiger partial charge in [-0.3, -0.25) is 0 Å². The van der Waals surface area contributed by atoms with E-state index in [4.69, 9.17) is 5.73 Å². The zero-order valence-corrected chi connectivity index (χ0v) is 9.90. The summed E-state index contributed by atoms with van der Waals surface area (Å²) in [5, 5.41) is 0. The van der Waals surface area contributed by atoms with Crippen molar-refractivity contribution in [2.75, 3.05) is 11.5 Å². The van der Waals surface area contributed by atoms with Crippen molar-refractivity contribution in [3.05, 3.63) is 29.8 Å². The van der Waals surface area contributed by atoms with E-state index in [1.54, 1.807) is 0 Å². The normalized spacial score (nSPS) is 10.9. The van der Waals surface area contributed by atoms with Crippen LogP contribution in [0.3, 0.4) is 0 Å². The molecular formula is C11H11F3N2O3. The van der Waals surface area contributed by atoms with Crippen molar-refractivity contribution < 1.29 is 27.5 Å². The topological polar surface area (TPSA) is 72.6 Å². The Bertz CT molecular complexity index is 488. The molecule has 0 saturated heterocycles. The Morgan fingerprint density at radius 2 is 2.00 bits per heavy atom. The van der Waals surface area contributed by atoms with Crippen LogP contribution < -0.4 is 10.6 Å². The average molecular weight is 276 g/mol. The minimum absolute atomic E-state index is 0.0401. The van der Waals surface area contributed by atoms with Gasteiger partial charge in [0, 0.05) is 0 Å². The van der Waals surface area contributed by atoms with Gasteiger partial charge in [-0.1, -0.05) is 6.07 Å². The van der Waals surface area contributed by atoms with Gasteiger partial charge in [-0.25, -0.2) is 9.59 Å². The van der Waals surface area contributed by atoms with Crippen molar-refractivity contribution in [2.24, 2.45) is 5.73 Å². The molecule has 19 heavy (non-hydrogen) atoms. The van der Waals surface area contributed by atoms with E-state index in [0.717, 1.165) is 18.2 Å². The van der Waals surface area contributed by atoms with Gasteiger partial charge in [-0.05, 0) is 25.1 Å². The molecule has 0 unspecified atom stereocenters. The molecule has 0 aliphatic heterocycles. The number of nitrogens with two attached hydrogens (primary N) is 1. The summed E-state index contributed by atoms with van der Waals surface area (Å²) in [5.41, 5.74) is 3.66. The molecule has 8 heteroatoms. The average Bonchev–Trinajstić information content (AvgIpc) is 2.28. The molecule has 1 aromatic rings. The molecule has 0 aromatic heterocycles. The van der Waals surface area contributed by atoms with Crippen LogP contribution in [0.25, 0.3) is 0 Å². The van der Waals surface area contributed by atoms with Gasteiger partial charge < -0.3 is 10.5 Å². The highest BCUT2D eigenvalue weighted by atomic mass is 19.4. The summed E-state index contributed by atoms with van der Waals surface area (Å²) in [5.74, 6) is 0. The summed E-state index contributed by atoms with van der Waals surface area (Å²) < 4.78 is 42.1. The summed E-state index contributed by atoms with van der Waals surface area (Å²) in [6.45, 7) is 1.45. The van der Waals surface area contributed by atoms with Crippen molar-refractivity contribution in [1.29, 1.82) is 0 Å². The Hall–Kier alpha value is -2.25. The fourth-order valence-corrected chi connectivity index (χ4v) is 1.33. The molecule has 0 bridgehead atoms. The Morgan fingerprint density at radius 3 is 2.47 bits per heavy atom. The number of hydrogen-bond acceptors (Lipinski definition) is 3. The van der Waals surface area contributed by atoms with Gasteiger partial charge in [0.1, 0.15) is 0 Å². The lowest BCUT2D eigenvalue weighted by Crippen LogP contribution is -2.41. The first-order valence-electron chi connectivity index (χ1n) is 5.21. The molecule has 0 saturated carbocycles. The smallest absolute Gasteiger partial charge is 0.422 e. The highest BCUT2D eigenvalue weighted by Crippen LogP contribution is 2.31. The second-order valence-electron chi connectivity index (χ2n) is 3.42. The van der Waals surface area contributed by atoms with Crippen molar-refractivity contribution >= 4 is 17.8 Å². The standard InChI is InChI=1S/C11H11F3N2O3/c1-2-19-10(18)16(9(15)17)8-5-3-4-7(6-8)11(12,13)14/h3-6H,2H2,1H3,(H2,15,17). The second-order valence-corrected chi connectivity index (χ2v) is 3.42. The highest BCUT2D eigenvalue weighted by molar-refractivity contribution is 6.10. The van der Waals surface area contributed by atoms with E-state index >= 15 is 0 Å². The van der Waals surface area contributed by atoms with Crippen molar-refractivity contribution in [3.8, 4) is 0 Å². The minimum Gasteiger partial charge on any atom is -0.449 e. The van der Waals surface area contributed by atoms with E-state index in [9.17, 15) is 22.8 Å². The number of anilines is 1. The molecule has 0 aliphatic carbocycles.